The third-order valence-electron chi connectivity index (χ3n) is 4.31. The van der Waals surface area contributed by atoms with Crippen LogP contribution in [0.15, 0.2) is 83.8 Å². The highest BCUT2D eigenvalue weighted by Gasteiger charge is 2.23. The molecule has 0 unspecified atom stereocenters. The van der Waals surface area contributed by atoms with Crippen LogP contribution in [0.4, 0.5) is 11.4 Å². The van der Waals surface area contributed by atoms with Gasteiger partial charge in [-0.25, -0.2) is 13.1 Å². The van der Waals surface area contributed by atoms with Gasteiger partial charge in [-0.1, -0.05) is 60.7 Å². The Morgan fingerprint density at radius 1 is 0.893 bits per heavy atom. The Hall–Kier alpha value is -3.23. The van der Waals surface area contributed by atoms with Gasteiger partial charge >= 0.3 is 0 Å². The summed E-state index contributed by atoms with van der Waals surface area (Å²) in [5.41, 5.74) is 1.77. The van der Waals surface area contributed by atoms with Crippen LogP contribution in [0.25, 0.3) is 0 Å². The molecule has 144 valence electrons. The molecular weight excluding hydrogens is 378 g/mol. The van der Waals surface area contributed by atoms with Crippen LogP contribution in [0.3, 0.4) is 0 Å². The zero-order chi connectivity index (χ0) is 20.1. The second-order valence-electron chi connectivity index (χ2n) is 6.04. The van der Waals surface area contributed by atoms with Gasteiger partial charge in [-0.15, -0.1) is 0 Å². The van der Waals surface area contributed by atoms with Crippen molar-refractivity contribution in [2.45, 2.75) is 10.9 Å². The first-order valence-electron chi connectivity index (χ1n) is 8.51. The van der Waals surface area contributed by atoms with Crippen LogP contribution in [0.1, 0.15) is 17.2 Å². The summed E-state index contributed by atoms with van der Waals surface area (Å²) in [7, 11) is -2.53. The molecule has 0 bridgehead atoms. The van der Waals surface area contributed by atoms with Crippen molar-refractivity contribution < 1.29 is 13.3 Å². The van der Waals surface area contributed by atoms with Crippen LogP contribution in [-0.4, -0.2) is 20.4 Å². The highest BCUT2D eigenvalue weighted by Crippen LogP contribution is 2.33. The van der Waals surface area contributed by atoms with E-state index in [-0.39, 0.29) is 22.3 Å². The molecule has 8 heteroatoms. The van der Waals surface area contributed by atoms with E-state index in [4.69, 9.17) is 0 Å². The smallest absolute Gasteiger partial charge is 0.293 e. The van der Waals surface area contributed by atoms with E-state index in [1.807, 2.05) is 60.7 Å². The molecule has 0 saturated carbocycles. The van der Waals surface area contributed by atoms with Gasteiger partial charge in [0, 0.05) is 6.07 Å². The van der Waals surface area contributed by atoms with Crippen LogP contribution in [0.5, 0.6) is 0 Å². The largest absolute Gasteiger partial charge is 0.369 e. The van der Waals surface area contributed by atoms with E-state index >= 15 is 0 Å². The van der Waals surface area contributed by atoms with E-state index in [1.165, 1.54) is 19.2 Å². The maximum Gasteiger partial charge on any atom is 0.293 e. The quantitative estimate of drug-likeness (QED) is 0.467. The fourth-order valence-corrected chi connectivity index (χ4v) is 3.62. The molecule has 0 spiro atoms. The summed E-state index contributed by atoms with van der Waals surface area (Å²) in [5, 5.41) is 14.8. The molecular formula is C20H19N3O4S. The SMILES string of the molecule is CNS(=O)(=O)c1ccc(NC(c2ccccc2)c2ccccc2)c([N+](=O)[O-])c1. The first-order chi connectivity index (χ1) is 13.4. The zero-order valence-electron chi connectivity index (χ0n) is 15.1. The predicted octanol–water partition coefficient (Wildman–Crippen LogP) is 3.70. The maximum atomic E-state index is 12.0. The van der Waals surface area contributed by atoms with Gasteiger partial charge in [0.1, 0.15) is 5.69 Å². The van der Waals surface area contributed by atoms with Crippen LogP contribution < -0.4 is 10.0 Å². The summed E-state index contributed by atoms with van der Waals surface area (Å²) in [5.74, 6) is 0. The molecule has 0 aromatic heterocycles. The molecule has 0 saturated heterocycles. The first kappa shape index (κ1) is 19.5. The molecule has 0 fully saturated rings. The third kappa shape index (κ3) is 4.19. The Bertz CT molecular complexity index is 1030. The molecule has 3 aromatic carbocycles. The van der Waals surface area contributed by atoms with Crippen molar-refractivity contribution >= 4 is 21.4 Å². The van der Waals surface area contributed by atoms with Crippen molar-refractivity contribution in [1.82, 2.24) is 4.72 Å². The maximum absolute atomic E-state index is 12.0. The molecule has 0 aliphatic heterocycles. The fourth-order valence-electron chi connectivity index (χ4n) is 2.88. The number of anilines is 1. The lowest BCUT2D eigenvalue weighted by molar-refractivity contribution is -0.384. The molecule has 0 atom stereocenters. The van der Waals surface area contributed by atoms with Crippen molar-refractivity contribution in [3.63, 3.8) is 0 Å². The second-order valence-corrected chi connectivity index (χ2v) is 7.93. The van der Waals surface area contributed by atoms with Gasteiger partial charge in [-0.2, -0.15) is 0 Å². The molecule has 0 heterocycles. The number of benzene rings is 3. The summed E-state index contributed by atoms with van der Waals surface area (Å²) in [6.45, 7) is 0. The van der Waals surface area contributed by atoms with Crippen molar-refractivity contribution in [2.75, 3.05) is 12.4 Å². The summed E-state index contributed by atoms with van der Waals surface area (Å²) < 4.78 is 26.2. The fraction of sp³-hybridized carbons (Fsp3) is 0.100. The highest BCUT2D eigenvalue weighted by molar-refractivity contribution is 7.89. The summed E-state index contributed by atoms with van der Waals surface area (Å²) >= 11 is 0. The van der Waals surface area contributed by atoms with Crippen molar-refractivity contribution in [3.8, 4) is 0 Å². The van der Waals surface area contributed by atoms with Gasteiger partial charge in [0.25, 0.3) is 5.69 Å². The van der Waals surface area contributed by atoms with E-state index in [0.717, 1.165) is 17.2 Å². The number of nitrogens with one attached hydrogen (secondary N) is 2. The normalized spacial score (nSPS) is 11.4. The van der Waals surface area contributed by atoms with E-state index in [0.29, 0.717) is 0 Å². The Kier molecular flexibility index (Phi) is 5.72. The molecule has 0 radical (unpaired) electrons. The van der Waals surface area contributed by atoms with E-state index in [1.54, 1.807) is 0 Å². The molecule has 28 heavy (non-hydrogen) atoms. The number of hydrogen-bond acceptors (Lipinski definition) is 5. The van der Waals surface area contributed by atoms with Crippen molar-refractivity contribution in [1.29, 1.82) is 0 Å². The molecule has 0 aliphatic rings. The van der Waals surface area contributed by atoms with Gasteiger partial charge in [-0.3, -0.25) is 10.1 Å². The average molecular weight is 397 g/mol. The second kappa shape index (κ2) is 8.20. The number of sulfonamides is 1. The monoisotopic (exact) mass is 397 g/mol. The van der Waals surface area contributed by atoms with Crippen molar-refractivity contribution in [3.05, 3.63) is 100 Å². The number of nitro benzene ring substituents is 1. The number of hydrogen-bond donors (Lipinski definition) is 2. The molecule has 3 aromatic rings. The highest BCUT2D eigenvalue weighted by atomic mass is 32.2. The Morgan fingerprint density at radius 2 is 1.43 bits per heavy atom. The van der Waals surface area contributed by atoms with E-state index in [2.05, 4.69) is 10.0 Å². The van der Waals surface area contributed by atoms with Gasteiger partial charge < -0.3 is 5.32 Å². The first-order valence-corrected chi connectivity index (χ1v) is 9.99. The number of rotatable bonds is 7. The molecule has 0 amide bonds. The number of nitrogens with zero attached hydrogens (tertiary/aromatic N) is 1. The minimum Gasteiger partial charge on any atom is -0.369 e. The minimum atomic E-state index is -3.79. The summed E-state index contributed by atoms with van der Waals surface area (Å²) in [6.07, 6.45) is 0. The van der Waals surface area contributed by atoms with Gasteiger partial charge in [0.15, 0.2) is 0 Å². The average Bonchev–Trinajstić information content (AvgIpc) is 2.73. The molecule has 3 rings (SSSR count). The summed E-state index contributed by atoms with van der Waals surface area (Å²) in [4.78, 5) is 10.8. The van der Waals surface area contributed by atoms with Crippen LogP contribution in [0.2, 0.25) is 0 Å². The van der Waals surface area contributed by atoms with Gasteiger partial charge in [0.05, 0.1) is 15.9 Å². The van der Waals surface area contributed by atoms with Gasteiger partial charge in [-0.05, 0) is 30.3 Å². The van der Waals surface area contributed by atoms with Crippen molar-refractivity contribution in [2.24, 2.45) is 0 Å². The predicted molar refractivity (Wildman–Crippen MR) is 108 cm³/mol. The molecule has 0 aliphatic carbocycles. The minimum absolute atomic E-state index is 0.164. The van der Waals surface area contributed by atoms with Gasteiger partial charge in [0.2, 0.25) is 10.0 Å². The standard InChI is InChI=1S/C20H19N3O4S/c1-21-28(26,27)17-12-13-18(19(14-17)23(24)25)22-20(15-8-4-2-5-9-15)16-10-6-3-7-11-16/h2-14,20-22H,1H3. The Balaban J connectivity index is 2.07. The third-order valence-corrected chi connectivity index (χ3v) is 5.72. The zero-order valence-corrected chi connectivity index (χ0v) is 15.9. The molecule has 7 nitrogen and oxygen atoms in total. The lowest BCUT2D eigenvalue weighted by atomic mass is 9.98. The van der Waals surface area contributed by atoms with E-state index < -0.39 is 14.9 Å². The Morgan fingerprint density at radius 3 is 1.89 bits per heavy atom. The van der Waals surface area contributed by atoms with Crippen LogP contribution in [0, 0.1) is 10.1 Å². The number of nitro groups is 1. The lowest BCUT2D eigenvalue weighted by Gasteiger charge is -2.21. The Labute approximate surface area is 163 Å². The summed E-state index contributed by atoms with van der Waals surface area (Å²) in [6, 6.07) is 22.5. The lowest BCUT2D eigenvalue weighted by Crippen LogP contribution is -2.19. The van der Waals surface area contributed by atoms with Crippen LogP contribution in [-0.2, 0) is 10.0 Å². The van der Waals surface area contributed by atoms with Crippen LogP contribution >= 0.6 is 0 Å². The topological polar surface area (TPSA) is 101 Å². The van der Waals surface area contributed by atoms with E-state index in [9.17, 15) is 18.5 Å². The molecule has 2 N–H and O–H groups in total.